The van der Waals surface area contributed by atoms with Crippen molar-refractivity contribution in [2.75, 3.05) is 13.0 Å². The van der Waals surface area contributed by atoms with Crippen molar-refractivity contribution >= 4 is 11.6 Å². The first-order valence-corrected chi connectivity index (χ1v) is 8.05. The van der Waals surface area contributed by atoms with E-state index in [1.165, 1.54) is 6.42 Å². The molecule has 2 nitrogen and oxygen atoms in total. The van der Waals surface area contributed by atoms with Crippen LogP contribution in [0.5, 0.6) is 11.5 Å². The number of hydrogen-bond acceptors (Lipinski definition) is 2. The van der Waals surface area contributed by atoms with Gasteiger partial charge < -0.3 is 9.47 Å². The third-order valence-corrected chi connectivity index (χ3v) is 4.04. The van der Waals surface area contributed by atoms with E-state index in [0.717, 1.165) is 41.7 Å². The summed E-state index contributed by atoms with van der Waals surface area (Å²) in [6.07, 6.45) is 3.78. The molecule has 3 heteroatoms. The quantitative estimate of drug-likeness (QED) is 0.605. The molecule has 1 aromatic rings. The number of ether oxygens (including phenoxy) is 2. The minimum absolute atomic E-state index is 0.272. The number of rotatable bonds is 3. The molecule has 1 saturated carbocycles. The number of hydrogen-bond donors (Lipinski definition) is 0. The van der Waals surface area contributed by atoms with Crippen LogP contribution in [0.25, 0.3) is 0 Å². The van der Waals surface area contributed by atoms with Crippen molar-refractivity contribution in [1.82, 2.24) is 0 Å². The summed E-state index contributed by atoms with van der Waals surface area (Å²) in [6.45, 7) is 4.60. The minimum atomic E-state index is 0.272. The first-order chi connectivity index (χ1) is 10.1. The molecule has 0 aromatic heterocycles. The van der Waals surface area contributed by atoms with Crippen LogP contribution in [0.3, 0.4) is 0 Å². The molecule has 0 N–H and O–H groups in total. The molecule has 2 rings (SSSR count). The van der Waals surface area contributed by atoms with Crippen LogP contribution in [0.15, 0.2) is 18.2 Å². The monoisotopic (exact) mass is 306 g/mol. The molecule has 1 fully saturated rings. The van der Waals surface area contributed by atoms with Gasteiger partial charge in [-0.2, -0.15) is 0 Å². The molecule has 0 aliphatic heterocycles. The second kappa shape index (κ2) is 7.61. The van der Waals surface area contributed by atoms with Crippen LogP contribution in [-0.2, 0) is 0 Å². The Kier molecular flexibility index (Phi) is 5.82. The van der Waals surface area contributed by atoms with Crippen LogP contribution in [0.1, 0.15) is 38.7 Å². The van der Waals surface area contributed by atoms with E-state index in [9.17, 15) is 0 Å². The lowest BCUT2D eigenvalue weighted by Crippen LogP contribution is -2.28. The van der Waals surface area contributed by atoms with Crippen molar-refractivity contribution in [1.29, 1.82) is 0 Å². The van der Waals surface area contributed by atoms with Gasteiger partial charge in [0.15, 0.2) is 0 Å². The van der Waals surface area contributed by atoms with E-state index in [4.69, 9.17) is 21.1 Å². The summed E-state index contributed by atoms with van der Waals surface area (Å²) in [4.78, 5) is 0. The fourth-order valence-corrected chi connectivity index (χ4v) is 3.18. The minimum Gasteiger partial charge on any atom is -0.497 e. The number of alkyl halides is 1. The third kappa shape index (κ3) is 4.58. The Bertz CT molecular complexity index is 520. The lowest BCUT2D eigenvalue weighted by atomic mass is 9.82. The normalized spacial score (nSPS) is 24.9. The van der Waals surface area contributed by atoms with Crippen LogP contribution in [0.4, 0.5) is 0 Å². The maximum absolute atomic E-state index is 6.22. The number of halogens is 1. The molecule has 0 radical (unpaired) electrons. The maximum Gasteiger partial charge on any atom is 0.135 e. The molecule has 1 aliphatic carbocycles. The predicted octanol–water partition coefficient (Wildman–Crippen LogP) is 4.49. The summed E-state index contributed by atoms with van der Waals surface area (Å²) >= 11 is 5.66. The van der Waals surface area contributed by atoms with Gasteiger partial charge in [0.25, 0.3) is 0 Å². The smallest absolute Gasteiger partial charge is 0.135 e. The van der Waals surface area contributed by atoms with Crippen molar-refractivity contribution in [3.8, 4) is 23.3 Å². The van der Waals surface area contributed by atoms with Gasteiger partial charge in [-0.05, 0) is 49.3 Å². The Morgan fingerprint density at radius 1 is 1.19 bits per heavy atom. The zero-order chi connectivity index (χ0) is 15.2. The number of methoxy groups -OCH3 is 1. The van der Waals surface area contributed by atoms with Crippen LogP contribution < -0.4 is 9.47 Å². The van der Waals surface area contributed by atoms with Gasteiger partial charge in [-0.15, -0.1) is 11.6 Å². The second-order valence-corrected chi connectivity index (χ2v) is 6.22. The molecule has 1 aromatic carbocycles. The highest BCUT2D eigenvalue weighted by Gasteiger charge is 2.25. The SMILES string of the molecule is COc1ccc(OC2CC(C)CC(C)C2)c(C#CCCl)c1. The van der Waals surface area contributed by atoms with Gasteiger partial charge in [0.2, 0.25) is 0 Å². The van der Waals surface area contributed by atoms with Gasteiger partial charge in [-0.3, -0.25) is 0 Å². The van der Waals surface area contributed by atoms with Gasteiger partial charge in [0.05, 0.1) is 24.7 Å². The van der Waals surface area contributed by atoms with Gasteiger partial charge in [-0.25, -0.2) is 0 Å². The number of benzene rings is 1. The van der Waals surface area contributed by atoms with Crippen LogP contribution in [0, 0.1) is 23.7 Å². The average molecular weight is 307 g/mol. The van der Waals surface area contributed by atoms with E-state index in [1.807, 2.05) is 18.2 Å². The molecule has 0 amide bonds. The summed E-state index contributed by atoms with van der Waals surface area (Å²) < 4.78 is 11.5. The highest BCUT2D eigenvalue weighted by atomic mass is 35.5. The average Bonchev–Trinajstić information content (AvgIpc) is 2.45. The van der Waals surface area contributed by atoms with Crippen molar-refractivity contribution in [3.05, 3.63) is 23.8 Å². The van der Waals surface area contributed by atoms with E-state index in [-0.39, 0.29) is 6.10 Å². The van der Waals surface area contributed by atoms with Gasteiger partial charge in [0, 0.05) is 0 Å². The Labute approximate surface area is 132 Å². The van der Waals surface area contributed by atoms with Gasteiger partial charge in [-0.1, -0.05) is 25.7 Å². The standard InChI is InChI=1S/C18H23ClO2/c1-13-9-14(2)11-17(10-13)21-18-7-6-16(20-3)12-15(18)5-4-8-19/h6-7,12-14,17H,8-11H2,1-3H3. The lowest BCUT2D eigenvalue weighted by Gasteiger charge is -2.32. The molecule has 2 atom stereocenters. The summed E-state index contributed by atoms with van der Waals surface area (Å²) in [5, 5.41) is 0. The van der Waals surface area contributed by atoms with E-state index in [2.05, 4.69) is 25.7 Å². The van der Waals surface area contributed by atoms with Crippen LogP contribution in [-0.4, -0.2) is 19.1 Å². The third-order valence-electron chi connectivity index (χ3n) is 3.91. The molecule has 114 valence electrons. The van der Waals surface area contributed by atoms with E-state index in [0.29, 0.717) is 5.88 Å². The van der Waals surface area contributed by atoms with Gasteiger partial charge in [0.1, 0.15) is 11.5 Å². The highest BCUT2D eigenvalue weighted by Crippen LogP contribution is 2.33. The summed E-state index contributed by atoms with van der Waals surface area (Å²) in [5.41, 5.74) is 0.848. The molecule has 1 aliphatic rings. The van der Waals surface area contributed by atoms with Crippen LogP contribution >= 0.6 is 11.6 Å². The van der Waals surface area contributed by atoms with Crippen molar-refractivity contribution in [2.45, 2.75) is 39.2 Å². The fourth-order valence-electron chi connectivity index (χ4n) is 3.11. The predicted molar refractivity (Wildman–Crippen MR) is 87.2 cm³/mol. The van der Waals surface area contributed by atoms with E-state index >= 15 is 0 Å². The molecule has 0 heterocycles. The summed E-state index contributed by atoms with van der Waals surface area (Å²) in [5.74, 6) is 9.32. The zero-order valence-corrected chi connectivity index (χ0v) is 13.7. The topological polar surface area (TPSA) is 18.5 Å². The molecule has 21 heavy (non-hydrogen) atoms. The molecule has 0 bridgehead atoms. The Hall–Kier alpha value is -1.33. The molecule has 0 saturated heterocycles. The Morgan fingerprint density at radius 2 is 1.90 bits per heavy atom. The molecular weight excluding hydrogens is 284 g/mol. The van der Waals surface area contributed by atoms with E-state index in [1.54, 1.807) is 7.11 Å². The Balaban J connectivity index is 2.18. The van der Waals surface area contributed by atoms with E-state index < -0.39 is 0 Å². The van der Waals surface area contributed by atoms with Crippen molar-refractivity contribution in [2.24, 2.45) is 11.8 Å². The molecule has 2 unspecified atom stereocenters. The lowest BCUT2D eigenvalue weighted by molar-refractivity contribution is 0.101. The highest BCUT2D eigenvalue weighted by molar-refractivity contribution is 6.19. The molecule has 0 spiro atoms. The fraction of sp³-hybridized carbons (Fsp3) is 0.556. The van der Waals surface area contributed by atoms with Crippen LogP contribution in [0.2, 0.25) is 0 Å². The maximum atomic E-state index is 6.22. The van der Waals surface area contributed by atoms with Gasteiger partial charge >= 0.3 is 0 Å². The first kappa shape index (κ1) is 16.0. The van der Waals surface area contributed by atoms with Crippen molar-refractivity contribution in [3.63, 3.8) is 0 Å². The first-order valence-electron chi connectivity index (χ1n) is 7.52. The summed E-state index contributed by atoms with van der Waals surface area (Å²) in [7, 11) is 1.65. The largest absolute Gasteiger partial charge is 0.497 e. The Morgan fingerprint density at radius 3 is 2.52 bits per heavy atom. The van der Waals surface area contributed by atoms with Crippen molar-refractivity contribution < 1.29 is 9.47 Å². The second-order valence-electron chi connectivity index (χ2n) is 5.95. The zero-order valence-electron chi connectivity index (χ0n) is 13.0. The summed E-state index contributed by atoms with van der Waals surface area (Å²) in [6, 6.07) is 5.77. The molecular formula is C18H23ClO2.